The van der Waals surface area contributed by atoms with Crippen LogP contribution in [0, 0.1) is 11.8 Å². The third-order valence-electron chi connectivity index (χ3n) is 6.19. The molecule has 0 aliphatic carbocycles. The fourth-order valence-electron chi connectivity index (χ4n) is 4.59. The van der Waals surface area contributed by atoms with E-state index in [1.54, 1.807) is 18.0 Å². The standard InChI is InChI=1S/C21H27N5O4/c1-29-19-6-4-3-5-15(19)10-22-20(27)17-12-25-8-7-14(17)9-16(25)11-26-13-18(23-24-26)21(28)30-2/h3-6,13-14,16-17H,7-12H2,1-2H3,(H,22,27)/t14?,16-,17+/m1/s1. The molecule has 2 bridgehead atoms. The van der Waals surface area contributed by atoms with Crippen LogP contribution in [0.4, 0.5) is 0 Å². The number of aromatic nitrogens is 3. The van der Waals surface area contributed by atoms with Crippen LogP contribution < -0.4 is 10.1 Å². The summed E-state index contributed by atoms with van der Waals surface area (Å²) in [5.41, 5.74) is 1.18. The Morgan fingerprint density at radius 3 is 2.83 bits per heavy atom. The molecule has 9 heteroatoms. The molecule has 1 aromatic heterocycles. The van der Waals surface area contributed by atoms with E-state index < -0.39 is 5.97 Å². The zero-order valence-corrected chi connectivity index (χ0v) is 17.3. The average molecular weight is 413 g/mol. The van der Waals surface area contributed by atoms with Gasteiger partial charge in [0, 0.05) is 24.7 Å². The van der Waals surface area contributed by atoms with Gasteiger partial charge in [0.1, 0.15) is 5.75 Å². The molecule has 0 saturated carbocycles. The van der Waals surface area contributed by atoms with Crippen molar-refractivity contribution in [2.24, 2.45) is 11.8 Å². The van der Waals surface area contributed by atoms with E-state index in [4.69, 9.17) is 4.74 Å². The van der Waals surface area contributed by atoms with Crippen LogP contribution in [0.15, 0.2) is 30.5 Å². The number of piperidine rings is 3. The third kappa shape index (κ3) is 4.16. The molecule has 3 fully saturated rings. The van der Waals surface area contributed by atoms with Crippen molar-refractivity contribution in [3.63, 3.8) is 0 Å². The molecule has 5 rings (SSSR count). The van der Waals surface area contributed by atoms with E-state index >= 15 is 0 Å². The summed E-state index contributed by atoms with van der Waals surface area (Å²) in [6.07, 6.45) is 3.57. The van der Waals surface area contributed by atoms with E-state index in [9.17, 15) is 9.59 Å². The van der Waals surface area contributed by atoms with Gasteiger partial charge in [0.25, 0.3) is 0 Å². The minimum atomic E-state index is -0.487. The largest absolute Gasteiger partial charge is 0.496 e. The Labute approximate surface area is 175 Å². The smallest absolute Gasteiger partial charge is 0.360 e. The van der Waals surface area contributed by atoms with Gasteiger partial charge >= 0.3 is 5.97 Å². The van der Waals surface area contributed by atoms with E-state index in [2.05, 4.69) is 25.3 Å². The lowest BCUT2D eigenvalue weighted by Gasteiger charge is -2.49. The first-order valence-electron chi connectivity index (χ1n) is 10.2. The molecule has 3 aliphatic heterocycles. The first-order valence-corrected chi connectivity index (χ1v) is 10.2. The summed E-state index contributed by atoms with van der Waals surface area (Å²) < 4.78 is 11.7. The molecule has 1 amide bonds. The van der Waals surface area contributed by atoms with Crippen LogP contribution >= 0.6 is 0 Å². The quantitative estimate of drug-likeness (QED) is 0.679. The number of methoxy groups -OCH3 is 2. The number of nitrogens with one attached hydrogen (secondary N) is 1. The second-order valence-electron chi connectivity index (χ2n) is 7.89. The molecule has 4 atom stereocenters. The second kappa shape index (κ2) is 8.83. The first kappa shape index (κ1) is 20.3. The zero-order valence-electron chi connectivity index (χ0n) is 17.3. The molecule has 3 saturated heterocycles. The molecular formula is C21H27N5O4. The van der Waals surface area contributed by atoms with Crippen molar-refractivity contribution >= 4 is 11.9 Å². The average Bonchev–Trinajstić information content (AvgIpc) is 3.26. The molecule has 2 aromatic rings. The van der Waals surface area contributed by atoms with E-state index in [1.807, 2.05) is 24.3 Å². The van der Waals surface area contributed by atoms with Gasteiger partial charge in [0.05, 0.1) is 32.9 Å². The maximum atomic E-state index is 12.9. The molecule has 1 N–H and O–H groups in total. The summed E-state index contributed by atoms with van der Waals surface area (Å²) in [7, 11) is 2.96. The number of nitrogens with zero attached hydrogens (tertiary/aromatic N) is 4. The summed E-state index contributed by atoms with van der Waals surface area (Å²) in [4.78, 5) is 26.8. The van der Waals surface area contributed by atoms with Gasteiger partial charge in [0.2, 0.25) is 5.91 Å². The SMILES string of the molecule is COC(=O)c1cn(C[C@H]2CC3CCN2C[C@@H]3C(=O)NCc2ccccc2OC)nn1. The second-order valence-corrected chi connectivity index (χ2v) is 7.89. The number of esters is 1. The molecule has 3 aliphatic rings. The lowest BCUT2D eigenvalue weighted by molar-refractivity contribution is -0.133. The number of benzene rings is 1. The number of carbonyl (C=O) groups is 2. The van der Waals surface area contributed by atoms with Crippen molar-refractivity contribution in [1.29, 1.82) is 0 Å². The number of fused-ring (bicyclic) bond motifs is 3. The van der Waals surface area contributed by atoms with Gasteiger partial charge in [-0.2, -0.15) is 0 Å². The minimum Gasteiger partial charge on any atom is -0.496 e. The molecule has 9 nitrogen and oxygen atoms in total. The van der Waals surface area contributed by atoms with Gasteiger partial charge in [0.15, 0.2) is 5.69 Å². The predicted octanol–water partition coefficient (Wildman–Crippen LogP) is 1.10. The summed E-state index contributed by atoms with van der Waals surface area (Å²) in [6.45, 7) is 2.83. The van der Waals surface area contributed by atoms with Crippen molar-refractivity contribution in [3.8, 4) is 5.75 Å². The fraction of sp³-hybridized carbons (Fsp3) is 0.524. The Kier molecular flexibility index (Phi) is 5.98. The Bertz CT molecular complexity index is 914. The highest BCUT2D eigenvalue weighted by Crippen LogP contribution is 2.37. The van der Waals surface area contributed by atoms with Crippen LogP contribution in [0.25, 0.3) is 0 Å². The van der Waals surface area contributed by atoms with Gasteiger partial charge in [-0.15, -0.1) is 5.10 Å². The monoisotopic (exact) mass is 413 g/mol. The minimum absolute atomic E-state index is 0.00826. The van der Waals surface area contributed by atoms with Crippen molar-refractivity contribution in [2.45, 2.75) is 32.0 Å². The fourth-order valence-corrected chi connectivity index (χ4v) is 4.59. The summed E-state index contributed by atoms with van der Waals surface area (Å²) >= 11 is 0. The number of amides is 1. The number of hydrogen-bond donors (Lipinski definition) is 1. The highest BCUT2D eigenvalue weighted by molar-refractivity contribution is 5.86. The van der Waals surface area contributed by atoms with E-state index in [1.165, 1.54) is 7.11 Å². The maximum absolute atomic E-state index is 12.9. The van der Waals surface area contributed by atoms with E-state index in [0.29, 0.717) is 19.0 Å². The zero-order chi connectivity index (χ0) is 21.1. The van der Waals surface area contributed by atoms with Crippen molar-refractivity contribution in [2.75, 3.05) is 27.3 Å². The van der Waals surface area contributed by atoms with Crippen molar-refractivity contribution in [1.82, 2.24) is 25.2 Å². The van der Waals surface area contributed by atoms with Gasteiger partial charge in [-0.3, -0.25) is 14.4 Å². The van der Waals surface area contributed by atoms with Crippen LogP contribution in [-0.4, -0.2) is 65.1 Å². The lowest BCUT2D eigenvalue weighted by atomic mass is 9.75. The highest BCUT2D eigenvalue weighted by Gasteiger charge is 2.43. The number of para-hydroxylation sites is 1. The summed E-state index contributed by atoms with van der Waals surface area (Å²) in [5.74, 6) is 0.736. The Hall–Kier alpha value is -2.94. The van der Waals surface area contributed by atoms with Crippen LogP contribution in [-0.2, 0) is 22.6 Å². The van der Waals surface area contributed by atoms with Crippen LogP contribution in [0.2, 0.25) is 0 Å². The number of hydrogen-bond acceptors (Lipinski definition) is 7. The Morgan fingerprint density at radius 2 is 2.10 bits per heavy atom. The molecule has 0 spiro atoms. The normalized spacial score (nSPS) is 25.0. The van der Waals surface area contributed by atoms with E-state index in [0.717, 1.165) is 37.2 Å². The summed E-state index contributed by atoms with van der Waals surface area (Å²) in [5, 5.41) is 11.0. The Balaban J connectivity index is 1.34. The highest BCUT2D eigenvalue weighted by atomic mass is 16.5. The predicted molar refractivity (Wildman–Crippen MR) is 108 cm³/mol. The lowest BCUT2D eigenvalue weighted by Crippen LogP contribution is -2.58. The first-order chi connectivity index (χ1) is 14.6. The van der Waals surface area contributed by atoms with E-state index in [-0.39, 0.29) is 23.6 Å². The van der Waals surface area contributed by atoms with Gasteiger partial charge < -0.3 is 14.8 Å². The van der Waals surface area contributed by atoms with Crippen LogP contribution in [0.1, 0.15) is 28.9 Å². The number of rotatable bonds is 7. The molecule has 160 valence electrons. The molecule has 1 aromatic carbocycles. The third-order valence-corrected chi connectivity index (χ3v) is 6.19. The van der Waals surface area contributed by atoms with Gasteiger partial charge in [-0.05, 0) is 31.4 Å². The molecule has 30 heavy (non-hydrogen) atoms. The molecular weight excluding hydrogens is 386 g/mol. The van der Waals surface area contributed by atoms with Gasteiger partial charge in [-0.1, -0.05) is 23.4 Å². The maximum Gasteiger partial charge on any atom is 0.360 e. The summed E-state index contributed by atoms with van der Waals surface area (Å²) in [6, 6.07) is 8.01. The van der Waals surface area contributed by atoms with Crippen LogP contribution in [0.5, 0.6) is 5.75 Å². The van der Waals surface area contributed by atoms with Gasteiger partial charge in [-0.25, -0.2) is 4.79 Å². The molecule has 2 unspecified atom stereocenters. The topological polar surface area (TPSA) is 98.6 Å². The van der Waals surface area contributed by atoms with Crippen molar-refractivity contribution in [3.05, 3.63) is 41.7 Å². The molecule has 4 heterocycles. The van der Waals surface area contributed by atoms with Crippen molar-refractivity contribution < 1.29 is 19.1 Å². The number of ether oxygens (including phenoxy) is 2. The number of carbonyl (C=O) groups excluding carboxylic acids is 2. The molecule has 0 radical (unpaired) electrons. The Morgan fingerprint density at radius 1 is 1.27 bits per heavy atom. The van der Waals surface area contributed by atoms with Crippen LogP contribution in [0.3, 0.4) is 0 Å².